The number of imidazole rings is 1. The number of esters is 1. The van der Waals surface area contributed by atoms with Gasteiger partial charge in [-0.25, -0.2) is 9.78 Å². The van der Waals surface area contributed by atoms with E-state index in [1.807, 2.05) is 49.9 Å². The minimum atomic E-state index is -0.690. The monoisotopic (exact) mass is 786 g/mol. The molecular weight excluding hydrogens is 733 g/mol. The largest absolute Gasteiger partial charge is 0.469 e. The Hall–Kier alpha value is -5.78. The smallest absolute Gasteiger partial charge is 0.407 e. The quantitative estimate of drug-likeness (QED) is 0.139. The third-order valence-electron chi connectivity index (χ3n) is 12.0. The highest BCUT2D eigenvalue weighted by atomic mass is 16.5. The zero-order valence-electron chi connectivity index (χ0n) is 34.3. The lowest BCUT2D eigenvalue weighted by Crippen LogP contribution is -2.51. The zero-order valence-corrected chi connectivity index (χ0v) is 34.3. The zero-order chi connectivity index (χ0) is 41.1. The first-order valence-electron chi connectivity index (χ1n) is 20.4. The normalized spacial score (nSPS) is 19.0. The number of nitrogens with one attached hydrogen (secondary N) is 2. The van der Waals surface area contributed by atoms with Crippen molar-refractivity contribution in [1.82, 2.24) is 25.1 Å². The van der Waals surface area contributed by atoms with Gasteiger partial charge in [0.2, 0.25) is 11.8 Å². The lowest BCUT2D eigenvalue weighted by Gasteiger charge is -2.30. The third-order valence-corrected chi connectivity index (χ3v) is 12.0. The van der Waals surface area contributed by atoms with Crippen LogP contribution in [0.2, 0.25) is 0 Å². The molecule has 7 rings (SSSR count). The number of H-pyrrole nitrogens is 1. The highest BCUT2D eigenvalue weighted by Gasteiger charge is 2.39. The molecule has 0 bridgehead atoms. The summed E-state index contributed by atoms with van der Waals surface area (Å²) in [5.41, 5.74) is 7.30. The van der Waals surface area contributed by atoms with Crippen LogP contribution in [-0.2, 0) is 23.9 Å². The first kappa shape index (κ1) is 40.4. The number of aromatic nitrogens is 2. The number of aliphatic imine (C=N–C) groups is 1. The summed E-state index contributed by atoms with van der Waals surface area (Å²) in [4.78, 5) is 68.4. The Labute approximate surface area is 340 Å². The number of fused-ring (bicyclic) bond motifs is 1. The van der Waals surface area contributed by atoms with Crippen molar-refractivity contribution in [2.45, 2.75) is 84.3 Å². The number of rotatable bonds is 12. The highest BCUT2D eigenvalue weighted by Crippen LogP contribution is 2.39. The van der Waals surface area contributed by atoms with E-state index in [0.717, 1.165) is 81.5 Å². The van der Waals surface area contributed by atoms with Gasteiger partial charge in [0.25, 0.3) is 0 Å². The summed E-state index contributed by atoms with van der Waals surface area (Å²) >= 11 is 0. The molecule has 0 spiro atoms. The summed E-state index contributed by atoms with van der Waals surface area (Å²) < 4.78 is 9.68. The molecule has 4 heterocycles. The van der Waals surface area contributed by atoms with Gasteiger partial charge in [0.1, 0.15) is 11.9 Å². The Morgan fingerprint density at radius 2 is 1.43 bits per heavy atom. The van der Waals surface area contributed by atoms with Crippen LogP contribution in [0, 0.1) is 17.8 Å². The van der Waals surface area contributed by atoms with Crippen LogP contribution in [0.3, 0.4) is 0 Å². The van der Waals surface area contributed by atoms with Crippen molar-refractivity contribution in [1.29, 1.82) is 0 Å². The van der Waals surface area contributed by atoms with E-state index in [9.17, 15) is 19.2 Å². The summed E-state index contributed by atoms with van der Waals surface area (Å²) in [5, 5.41) is 4.98. The minimum absolute atomic E-state index is 0.00595. The second-order valence-corrected chi connectivity index (χ2v) is 16.3. The molecule has 58 heavy (non-hydrogen) atoms. The number of nitrogens with zero attached hydrogens (tertiary/aromatic N) is 4. The molecule has 3 aliphatic heterocycles. The molecule has 304 valence electrons. The van der Waals surface area contributed by atoms with Crippen molar-refractivity contribution in [2.75, 3.05) is 27.3 Å². The van der Waals surface area contributed by atoms with Crippen molar-refractivity contribution in [3.05, 3.63) is 84.4 Å². The van der Waals surface area contributed by atoms with Crippen LogP contribution >= 0.6 is 0 Å². The van der Waals surface area contributed by atoms with E-state index in [-0.39, 0.29) is 48.1 Å². The van der Waals surface area contributed by atoms with Gasteiger partial charge >= 0.3 is 12.1 Å². The second-order valence-electron chi connectivity index (χ2n) is 16.3. The lowest BCUT2D eigenvalue weighted by molar-refractivity contribution is -0.148. The first-order valence-corrected chi connectivity index (χ1v) is 20.4. The summed E-state index contributed by atoms with van der Waals surface area (Å²) in [6, 6.07) is 20.2. The SMILES string of the molecule is COC(=O)C[C@H](C(=O)N1CCC[C@H]1C1=NC=C(c2ccc(-c3ccc(-c4cnc([C@@H]5CCCN5C(=O)[C@@H](NC(=O)OC)C(C)C)[nH]4)cc3)c3ccccc23)C1)C(C)C. The van der Waals surface area contributed by atoms with Crippen molar-refractivity contribution in [3.8, 4) is 22.4 Å². The minimum Gasteiger partial charge on any atom is -0.469 e. The van der Waals surface area contributed by atoms with Gasteiger partial charge in [0.15, 0.2) is 0 Å². The molecule has 4 atom stereocenters. The van der Waals surface area contributed by atoms with E-state index in [0.29, 0.717) is 19.5 Å². The number of amides is 3. The average Bonchev–Trinajstić information content (AvgIpc) is 4.08. The van der Waals surface area contributed by atoms with Crippen molar-refractivity contribution < 1.29 is 28.7 Å². The van der Waals surface area contributed by atoms with Gasteiger partial charge in [-0.3, -0.25) is 19.4 Å². The van der Waals surface area contributed by atoms with Gasteiger partial charge in [-0.1, -0.05) is 88.4 Å². The number of alkyl carbamates (subject to hydrolysis) is 1. The molecule has 12 heteroatoms. The van der Waals surface area contributed by atoms with Crippen LogP contribution in [0.4, 0.5) is 4.79 Å². The molecule has 0 unspecified atom stereocenters. The van der Waals surface area contributed by atoms with Gasteiger partial charge in [-0.05, 0) is 76.1 Å². The van der Waals surface area contributed by atoms with Crippen molar-refractivity contribution in [3.63, 3.8) is 0 Å². The Kier molecular flexibility index (Phi) is 12.1. The summed E-state index contributed by atoms with van der Waals surface area (Å²) in [6.45, 7) is 9.03. The molecule has 2 saturated heterocycles. The maximum absolute atomic E-state index is 13.8. The number of likely N-dealkylation sites (tertiary alicyclic amines) is 2. The van der Waals surface area contributed by atoms with Crippen LogP contribution in [0.1, 0.15) is 83.6 Å². The number of benzene rings is 3. The molecule has 2 fully saturated rings. The Balaban J connectivity index is 1.06. The van der Waals surface area contributed by atoms with Crippen LogP contribution in [-0.4, -0.2) is 88.7 Å². The Bertz CT molecular complexity index is 2240. The molecule has 4 aromatic rings. The van der Waals surface area contributed by atoms with Gasteiger partial charge < -0.3 is 29.6 Å². The number of hydrogen-bond acceptors (Lipinski definition) is 8. The molecular formula is C46H54N6O6. The fourth-order valence-corrected chi connectivity index (χ4v) is 8.78. The van der Waals surface area contributed by atoms with E-state index < -0.39 is 18.1 Å². The molecule has 3 aliphatic rings. The number of carbonyl (C=O) groups is 4. The fraction of sp³-hybridized carbons (Fsp3) is 0.435. The van der Waals surface area contributed by atoms with Gasteiger partial charge in [0, 0.05) is 31.4 Å². The Morgan fingerprint density at radius 1 is 0.793 bits per heavy atom. The van der Waals surface area contributed by atoms with Gasteiger partial charge in [-0.2, -0.15) is 0 Å². The number of ether oxygens (including phenoxy) is 2. The summed E-state index contributed by atoms with van der Waals surface area (Å²) in [5.74, 6) is -0.282. The van der Waals surface area contributed by atoms with Crippen LogP contribution in [0.15, 0.2) is 78.1 Å². The maximum Gasteiger partial charge on any atom is 0.407 e. The topological polar surface area (TPSA) is 146 Å². The standard InChI is InChI=1S/C46H54N6O6/c1-27(2)36(24-41(53)57-5)44(54)51-21-9-13-39(51)37-23-31(25-47-37)33-20-19-32(34-11-7-8-12-35(33)34)29-15-17-30(18-16-29)38-26-48-43(49-38)40-14-10-22-52(40)45(55)42(28(3)4)50-46(56)58-6/h7-8,11-12,15-20,25-28,36,39-40,42H,9-10,13-14,21-24H2,1-6H3,(H,48,49)(H,50,56)/t36-,39-,40-,42-/m0/s1. The fourth-order valence-electron chi connectivity index (χ4n) is 8.78. The molecule has 0 aliphatic carbocycles. The summed E-state index contributed by atoms with van der Waals surface area (Å²) in [7, 11) is 2.66. The molecule has 12 nitrogen and oxygen atoms in total. The van der Waals surface area contributed by atoms with Crippen molar-refractivity contribution >= 4 is 45.9 Å². The molecule has 0 radical (unpaired) electrons. The van der Waals surface area contributed by atoms with Crippen LogP contribution < -0.4 is 5.32 Å². The molecule has 0 saturated carbocycles. The van der Waals surface area contributed by atoms with Gasteiger partial charge in [-0.15, -0.1) is 0 Å². The van der Waals surface area contributed by atoms with E-state index in [1.165, 1.54) is 14.2 Å². The highest BCUT2D eigenvalue weighted by molar-refractivity contribution is 6.09. The third kappa shape index (κ3) is 8.14. The molecule has 2 N–H and O–H groups in total. The predicted molar refractivity (Wildman–Crippen MR) is 225 cm³/mol. The second kappa shape index (κ2) is 17.4. The lowest BCUT2D eigenvalue weighted by atomic mass is 9.89. The van der Waals surface area contributed by atoms with E-state index >= 15 is 0 Å². The molecule has 3 aromatic carbocycles. The van der Waals surface area contributed by atoms with Crippen molar-refractivity contribution in [2.24, 2.45) is 22.7 Å². The number of aromatic amines is 1. The molecule has 3 amide bonds. The summed E-state index contributed by atoms with van der Waals surface area (Å²) in [6.07, 6.45) is 7.30. The Morgan fingerprint density at radius 3 is 2.09 bits per heavy atom. The number of methoxy groups -OCH3 is 2. The van der Waals surface area contributed by atoms with Crippen LogP contribution in [0.25, 0.3) is 38.7 Å². The molecule has 1 aromatic heterocycles. The van der Waals surface area contributed by atoms with E-state index in [4.69, 9.17) is 19.5 Å². The number of allylic oxidation sites excluding steroid dienone is 1. The first-order chi connectivity index (χ1) is 28.0. The van der Waals surface area contributed by atoms with E-state index in [1.54, 1.807) is 0 Å². The van der Waals surface area contributed by atoms with E-state index in [2.05, 4.69) is 71.0 Å². The van der Waals surface area contributed by atoms with Gasteiger partial charge in [0.05, 0.1) is 50.5 Å². The average molecular weight is 787 g/mol. The number of hydrogen-bond donors (Lipinski definition) is 2. The van der Waals surface area contributed by atoms with Crippen LogP contribution in [0.5, 0.6) is 0 Å². The number of carbonyl (C=O) groups excluding carboxylic acids is 4. The predicted octanol–water partition coefficient (Wildman–Crippen LogP) is 7.95. The maximum atomic E-state index is 13.8.